The lowest BCUT2D eigenvalue weighted by molar-refractivity contribution is -0.212. The van der Waals surface area contributed by atoms with E-state index >= 15 is 0 Å². The fourth-order valence-electron chi connectivity index (χ4n) is 0.125. The predicted octanol–water partition coefficient (Wildman–Crippen LogP) is 0.541. The minimum atomic E-state index is -1.34. The van der Waals surface area contributed by atoms with Gasteiger partial charge in [0.2, 0.25) is 0 Å². The molecule has 0 atom stereocenters. The molecule has 0 aliphatic carbocycles. The van der Waals surface area contributed by atoms with Crippen LogP contribution in [0.5, 0.6) is 0 Å². The van der Waals surface area contributed by atoms with Crippen molar-refractivity contribution in [3.8, 4) is 0 Å². The second kappa shape index (κ2) is 4.22. The lowest BCUT2D eigenvalue weighted by Crippen LogP contribution is -2.06. The molecule has 0 aliphatic heterocycles. The molecular formula is C4H5FO3Si. The maximum atomic E-state index is 11.1. The van der Waals surface area contributed by atoms with Crippen molar-refractivity contribution in [2.24, 2.45) is 0 Å². The Kier molecular flexibility index (Phi) is 3.90. The fourth-order valence-corrected chi connectivity index (χ4v) is 0.232. The van der Waals surface area contributed by atoms with Gasteiger partial charge in [-0.25, -0.2) is 4.79 Å². The Labute approximate surface area is 54.5 Å². The summed E-state index contributed by atoms with van der Waals surface area (Å²) in [6.45, 7) is 4.67. The molecule has 0 rings (SSSR count). The van der Waals surface area contributed by atoms with Crippen LogP contribution in [0.25, 0.3) is 0 Å². The summed E-state index contributed by atoms with van der Waals surface area (Å²) in [4.78, 5) is 14.1. The molecule has 0 spiro atoms. The average molecular weight is 148 g/mol. The second-order valence-electron chi connectivity index (χ2n) is 1.31. The van der Waals surface area contributed by atoms with Crippen molar-refractivity contribution in [2.45, 2.75) is 6.92 Å². The molecule has 0 saturated carbocycles. The van der Waals surface area contributed by atoms with Gasteiger partial charge in [-0.15, -0.1) is 0 Å². The largest absolute Gasteiger partial charge is 0.538 e. The normalized spacial score (nSPS) is 8.67. The highest BCUT2D eigenvalue weighted by atomic mass is 28.3. The molecule has 3 nitrogen and oxygen atoms in total. The first-order chi connectivity index (χ1) is 4.18. The van der Waals surface area contributed by atoms with Gasteiger partial charge >= 0.3 is 16.1 Å². The summed E-state index contributed by atoms with van der Waals surface area (Å²) in [6.07, 6.45) is 0. The summed E-state index contributed by atoms with van der Waals surface area (Å²) in [5.41, 5.74) is 0.174. The van der Waals surface area contributed by atoms with Gasteiger partial charge < -0.3 is 4.89 Å². The smallest absolute Gasteiger partial charge is 0.302 e. The Morgan fingerprint density at radius 3 is 2.67 bits per heavy atom. The van der Waals surface area contributed by atoms with Gasteiger partial charge in [-0.2, -0.15) is 4.58 Å². The van der Waals surface area contributed by atoms with E-state index in [2.05, 4.69) is 16.0 Å². The molecule has 0 unspecified atom stereocenters. The van der Waals surface area contributed by atoms with Crippen molar-refractivity contribution in [2.75, 3.05) is 0 Å². The Morgan fingerprint density at radius 1 is 1.78 bits per heavy atom. The quantitative estimate of drug-likeness (QED) is 0.193. The second-order valence-corrected chi connectivity index (χ2v) is 1.63. The van der Waals surface area contributed by atoms with Crippen LogP contribution in [0.15, 0.2) is 12.2 Å². The Morgan fingerprint density at radius 2 is 2.33 bits per heavy atom. The number of carbonyl (C=O) groups is 1. The van der Waals surface area contributed by atoms with Gasteiger partial charge in [-0.3, -0.25) is 4.11 Å². The van der Waals surface area contributed by atoms with E-state index in [0.29, 0.717) is 0 Å². The van der Waals surface area contributed by atoms with E-state index in [1.165, 1.54) is 6.92 Å². The van der Waals surface area contributed by atoms with Crippen molar-refractivity contribution < 1.29 is 18.4 Å². The van der Waals surface area contributed by atoms with Crippen LogP contribution < -0.4 is 0 Å². The molecule has 0 aromatic rings. The zero-order chi connectivity index (χ0) is 7.28. The molecule has 0 N–H and O–H groups in total. The van der Waals surface area contributed by atoms with Gasteiger partial charge in [0.1, 0.15) is 0 Å². The number of hydrogen-bond donors (Lipinski definition) is 0. The van der Waals surface area contributed by atoms with Gasteiger partial charge in [0.25, 0.3) is 0 Å². The highest BCUT2D eigenvalue weighted by Crippen LogP contribution is 1.91. The third-order valence-corrected chi connectivity index (χ3v) is 0.644. The van der Waals surface area contributed by atoms with Gasteiger partial charge in [0.15, 0.2) is 0 Å². The molecular weight excluding hydrogens is 143 g/mol. The fraction of sp³-hybridized carbons (Fsp3) is 0.250. The number of hydrogen-bond acceptors (Lipinski definition) is 3. The first-order valence-corrected chi connectivity index (χ1v) is 2.86. The maximum Gasteiger partial charge on any atom is 0.538 e. The molecule has 5 heteroatoms. The molecule has 50 valence electrons. The first kappa shape index (κ1) is 8.32. The van der Waals surface area contributed by atoms with Crippen LogP contribution in [0.2, 0.25) is 0 Å². The maximum absolute atomic E-state index is 11.1. The van der Waals surface area contributed by atoms with E-state index < -0.39 is 16.1 Å². The highest BCUT2D eigenvalue weighted by Gasteiger charge is 2.03. The minimum Gasteiger partial charge on any atom is -0.302 e. The van der Waals surface area contributed by atoms with Crippen LogP contribution in [-0.4, -0.2) is 16.1 Å². The number of carbonyl (C=O) groups excluding carboxylic acids is 1. The summed E-state index contributed by atoms with van der Waals surface area (Å²) >= 11 is 0. The molecule has 0 fully saturated rings. The van der Waals surface area contributed by atoms with E-state index in [1.807, 2.05) is 0 Å². The molecule has 0 saturated heterocycles. The van der Waals surface area contributed by atoms with Crippen molar-refractivity contribution in [3.63, 3.8) is 0 Å². The zero-order valence-electron chi connectivity index (χ0n) is 4.81. The van der Waals surface area contributed by atoms with Gasteiger partial charge in [0, 0.05) is 5.57 Å². The summed E-state index contributed by atoms with van der Waals surface area (Å²) in [6, 6.07) is 0. The van der Waals surface area contributed by atoms with Crippen molar-refractivity contribution in [1.29, 1.82) is 0 Å². The van der Waals surface area contributed by atoms with Gasteiger partial charge in [-0.1, -0.05) is 6.58 Å². The van der Waals surface area contributed by atoms with Gasteiger partial charge in [0.05, 0.1) is 0 Å². The van der Waals surface area contributed by atoms with E-state index in [-0.39, 0.29) is 5.57 Å². The molecule has 0 aromatic carbocycles. The summed E-state index contributed by atoms with van der Waals surface area (Å²) < 4.78 is 14.8. The monoisotopic (exact) mass is 148 g/mol. The van der Waals surface area contributed by atoms with Crippen LogP contribution in [-0.2, 0) is 14.3 Å². The number of rotatable bonds is 3. The van der Waals surface area contributed by atoms with E-state index in [0.717, 1.165) is 0 Å². The summed E-state index contributed by atoms with van der Waals surface area (Å²) in [7, 11) is -1.34. The van der Waals surface area contributed by atoms with Crippen LogP contribution in [0.1, 0.15) is 6.92 Å². The van der Waals surface area contributed by atoms with E-state index in [4.69, 9.17) is 0 Å². The van der Waals surface area contributed by atoms with Crippen molar-refractivity contribution in [1.82, 2.24) is 0 Å². The Hall–Kier alpha value is -0.683. The number of halogens is 1. The van der Waals surface area contributed by atoms with Crippen LogP contribution in [0.3, 0.4) is 0 Å². The molecule has 2 radical (unpaired) electrons. The van der Waals surface area contributed by atoms with Crippen LogP contribution in [0, 0.1) is 0 Å². The average Bonchev–Trinajstić information content (AvgIpc) is 1.82. The standard InChI is InChI=1S/C4H5FO3Si/c1-3(2)4(6)7-8-9-5/h1H2,2H3. The van der Waals surface area contributed by atoms with Crippen molar-refractivity contribution >= 4 is 16.1 Å². The third kappa shape index (κ3) is 3.86. The zero-order valence-corrected chi connectivity index (χ0v) is 5.81. The van der Waals surface area contributed by atoms with E-state index in [9.17, 15) is 8.90 Å². The Bertz CT molecular complexity index is 125. The lowest BCUT2D eigenvalue weighted by Gasteiger charge is -1.95. The first-order valence-electron chi connectivity index (χ1n) is 2.07. The summed E-state index contributed by atoms with van der Waals surface area (Å²) in [5.74, 6) is -0.750. The molecule has 0 amide bonds. The van der Waals surface area contributed by atoms with Crippen LogP contribution >= 0.6 is 0 Å². The topological polar surface area (TPSA) is 35.5 Å². The van der Waals surface area contributed by atoms with Crippen LogP contribution in [0.4, 0.5) is 4.11 Å². The highest BCUT2D eigenvalue weighted by molar-refractivity contribution is 6.16. The molecule has 0 heterocycles. The molecule has 0 aromatic heterocycles. The predicted molar refractivity (Wildman–Crippen MR) is 28.9 cm³/mol. The minimum absolute atomic E-state index is 0.174. The lowest BCUT2D eigenvalue weighted by atomic mass is 10.4. The molecule has 0 bridgehead atoms. The van der Waals surface area contributed by atoms with Gasteiger partial charge in [-0.05, 0) is 6.92 Å². The summed E-state index contributed by atoms with van der Waals surface area (Å²) in [5, 5.41) is 0. The molecule has 9 heavy (non-hydrogen) atoms. The SMILES string of the molecule is C=C(C)C(=O)OO[Si]F. The Balaban J connectivity index is 3.39. The molecule has 0 aliphatic rings. The third-order valence-electron chi connectivity index (χ3n) is 0.497. The van der Waals surface area contributed by atoms with Crippen molar-refractivity contribution in [3.05, 3.63) is 12.2 Å². The van der Waals surface area contributed by atoms with E-state index in [1.54, 1.807) is 0 Å².